The zero-order chi connectivity index (χ0) is 12.1. The van der Waals surface area contributed by atoms with Crippen LogP contribution < -0.4 is 5.73 Å². The molecular weight excluding hydrogens is 230 g/mol. The summed E-state index contributed by atoms with van der Waals surface area (Å²) in [5, 5.41) is 1.23. The van der Waals surface area contributed by atoms with Crippen LogP contribution >= 0.6 is 11.8 Å². The van der Waals surface area contributed by atoms with Crippen molar-refractivity contribution in [3.63, 3.8) is 0 Å². The Kier molecular flexibility index (Phi) is 4.12. The highest BCUT2D eigenvalue weighted by molar-refractivity contribution is 7.99. The lowest BCUT2D eigenvalue weighted by Gasteiger charge is -2.19. The highest BCUT2D eigenvalue weighted by Gasteiger charge is 2.16. The van der Waals surface area contributed by atoms with E-state index in [2.05, 4.69) is 29.0 Å². The molecule has 0 bridgehead atoms. The van der Waals surface area contributed by atoms with E-state index in [1.54, 1.807) is 24.3 Å². The highest BCUT2D eigenvalue weighted by atomic mass is 32.2. The lowest BCUT2D eigenvalue weighted by Crippen LogP contribution is -2.21. The Labute approximate surface area is 105 Å². The van der Waals surface area contributed by atoms with Crippen LogP contribution in [0, 0.1) is 0 Å². The number of hydrogen-bond acceptors (Lipinski definition) is 4. The Morgan fingerprint density at radius 3 is 2.59 bits per heavy atom. The monoisotopic (exact) mass is 245 g/mol. The predicted molar refractivity (Wildman–Crippen MR) is 70.7 cm³/mol. The van der Waals surface area contributed by atoms with Crippen molar-refractivity contribution < 1.29 is 0 Å². The van der Waals surface area contributed by atoms with Gasteiger partial charge in [-0.15, -0.1) is 11.8 Å². The Hall–Kier alpha value is -1.39. The molecular formula is C13H15N3S. The van der Waals surface area contributed by atoms with Crippen LogP contribution in [0.15, 0.2) is 53.9 Å². The van der Waals surface area contributed by atoms with Gasteiger partial charge in [0.2, 0.25) is 0 Å². The standard InChI is InChI=1S/C13H15N3S/c1-10(17-12-7-8-15-9-16-12)13(14)11-5-3-2-4-6-11/h2-10,13H,14H2,1H3. The smallest absolute Gasteiger partial charge is 0.116 e. The van der Waals surface area contributed by atoms with Gasteiger partial charge in [0, 0.05) is 17.5 Å². The molecule has 1 aromatic heterocycles. The van der Waals surface area contributed by atoms with Gasteiger partial charge < -0.3 is 5.73 Å². The van der Waals surface area contributed by atoms with Crippen LogP contribution in [-0.4, -0.2) is 15.2 Å². The number of thioether (sulfide) groups is 1. The van der Waals surface area contributed by atoms with E-state index in [1.807, 2.05) is 24.3 Å². The molecule has 88 valence electrons. The molecule has 0 radical (unpaired) electrons. The molecule has 4 heteroatoms. The summed E-state index contributed by atoms with van der Waals surface area (Å²) < 4.78 is 0. The molecule has 17 heavy (non-hydrogen) atoms. The van der Waals surface area contributed by atoms with Crippen molar-refractivity contribution in [2.45, 2.75) is 23.2 Å². The first-order valence-corrected chi connectivity index (χ1v) is 6.38. The van der Waals surface area contributed by atoms with E-state index in [0.717, 1.165) is 10.6 Å². The summed E-state index contributed by atoms with van der Waals surface area (Å²) in [6.45, 7) is 2.12. The molecule has 1 heterocycles. The minimum atomic E-state index is 0.0103. The fourth-order valence-electron chi connectivity index (χ4n) is 1.56. The molecule has 2 atom stereocenters. The summed E-state index contributed by atoms with van der Waals surface area (Å²) in [6, 6.07) is 12.0. The molecule has 2 unspecified atom stereocenters. The van der Waals surface area contributed by atoms with Crippen molar-refractivity contribution in [3.8, 4) is 0 Å². The van der Waals surface area contributed by atoms with E-state index in [9.17, 15) is 0 Å². The molecule has 2 N–H and O–H groups in total. The van der Waals surface area contributed by atoms with Gasteiger partial charge in [-0.1, -0.05) is 37.3 Å². The van der Waals surface area contributed by atoms with Gasteiger partial charge >= 0.3 is 0 Å². The van der Waals surface area contributed by atoms with E-state index in [-0.39, 0.29) is 11.3 Å². The topological polar surface area (TPSA) is 51.8 Å². The van der Waals surface area contributed by atoms with Crippen LogP contribution in [0.2, 0.25) is 0 Å². The Balaban J connectivity index is 2.03. The van der Waals surface area contributed by atoms with Gasteiger partial charge in [-0.25, -0.2) is 9.97 Å². The molecule has 2 rings (SSSR count). The first-order valence-electron chi connectivity index (χ1n) is 5.50. The van der Waals surface area contributed by atoms with Crippen molar-refractivity contribution in [1.82, 2.24) is 9.97 Å². The van der Waals surface area contributed by atoms with Crippen LogP contribution in [0.5, 0.6) is 0 Å². The number of hydrogen-bond donors (Lipinski definition) is 1. The van der Waals surface area contributed by atoms with Crippen molar-refractivity contribution in [2.75, 3.05) is 0 Å². The Morgan fingerprint density at radius 1 is 1.18 bits per heavy atom. The summed E-state index contributed by atoms with van der Waals surface area (Å²) in [5.74, 6) is 0. The molecule has 0 amide bonds. The van der Waals surface area contributed by atoms with Gasteiger partial charge in [-0.05, 0) is 11.6 Å². The Morgan fingerprint density at radius 2 is 1.94 bits per heavy atom. The summed E-state index contributed by atoms with van der Waals surface area (Å²) in [6.07, 6.45) is 3.30. The van der Waals surface area contributed by atoms with Crippen molar-refractivity contribution >= 4 is 11.8 Å². The Bertz CT molecular complexity index is 447. The van der Waals surface area contributed by atoms with Gasteiger partial charge in [0.25, 0.3) is 0 Å². The van der Waals surface area contributed by atoms with Crippen LogP contribution in [-0.2, 0) is 0 Å². The number of aromatic nitrogens is 2. The van der Waals surface area contributed by atoms with E-state index in [4.69, 9.17) is 5.73 Å². The number of nitrogens with two attached hydrogens (primary N) is 1. The average Bonchev–Trinajstić information content (AvgIpc) is 2.40. The van der Waals surface area contributed by atoms with Gasteiger partial charge in [0.15, 0.2) is 0 Å². The molecule has 0 saturated heterocycles. The maximum atomic E-state index is 6.22. The summed E-state index contributed by atoms with van der Waals surface area (Å²) >= 11 is 1.67. The van der Waals surface area contributed by atoms with Gasteiger partial charge in [0.1, 0.15) is 6.33 Å². The first-order chi connectivity index (χ1) is 8.27. The normalized spacial score (nSPS) is 14.2. The second kappa shape index (κ2) is 5.80. The zero-order valence-corrected chi connectivity index (χ0v) is 10.5. The highest BCUT2D eigenvalue weighted by Crippen LogP contribution is 2.28. The SMILES string of the molecule is CC(Sc1ccncn1)C(N)c1ccccc1. The second-order valence-electron chi connectivity index (χ2n) is 3.81. The molecule has 0 aliphatic rings. The van der Waals surface area contributed by atoms with Gasteiger partial charge in [0.05, 0.1) is 5.03 Å². The van der Waals surface area contributed by atoms with Crippen LogP contribution in [0.1, 0.15) is 18.5 Å². The quantitative estimate of drug-likeness (QED) is 0.664. The third-order valence-electron chi connectivity index (χ3n) is 2.55. The fraction of sp³-hybridized carbons (Fsp3) is 0.231. The molecule has 0 aliphatic heterocycles. The van der Waals surface area contributed by atoms with E-state index < -0.39 is 0 Å². The lowest BCUT2D eigenvalue weighted by atomic mass is 10.1. The molecule has 0 spiro atoms. The zero-order valence-electron chi connectivity index (χ0n) is 9.65. The second-order valence-corrected chi connectivity index (χ2v) is 5.20. The van der Waals surface area contributed by atoms with Gasteiger partial charge in [-0.3, -0.25) is 0 Å². The molecule has 0 fully saturated rings. The van der Waals surface area contributed by atoms with Gasteiger partial charge in [-0.2, -0.15) is 0 Å². The van der Waals surface area contributed by atoms with Crippen molar-refractivity contribution in [1.29, 1.82) is 0 Å². The largest absolute Gasteiger partial charge is 0.323 e. The maximum absolute atomic E-state index is 6.22. The molecule has 2 aromatic rings. The van der Waals surface area contributed by atoms with E-state index in [1.165, 1.54) is 0 Å². The lowest BCUT2D eigenvalue weighted by molar-refractivity contribution is 0.714. The summed E-state index contributed by atoms with van der Waals surface area (Å²) in [5.41, 5.74) is 7.38. The van der Waals surface area contributed by atoms with E-state index in [0.29, 0.717) is 0 Å². The predicted octanol–water partition coefficient (Wildman–Crippen LogP) is 2.66. The maximum Gasteiger partial charge on any atom is 0.116 e. The summed E-state index contributed by atoms with van der Waals surface area (Å²) in [4.78, 5) is 8.09. The van der Waals surface area contributed by atoms with Crippen LogP contribution in [0.3, 0.4) is 0 Å². The van der Waals surface area contributed by atoms with Crippen LogP contribution in [0.4, 0.5) is 0 Å². The molecule has 0 aliphatic carbocycles. The number of benzene rings is 1. The molecule has 3 nitrogen and oxygen atoms in total. The number of nitrogens with zero attached hydrogens (tertiary/aromatic N) is 2. The third-order valence-corrected chi connectivity index (χ3v) is 3.70. The minimum absolute atomic E-state index is 0.0103. The first kappa shape index (κ1) is 12.1. The van der Waals surface area contributed by atoms with Crippen LogP contribution in [0.25, 0.3) is 0 Å². The average molecular weight is 245 g/mol. The molecule has 0 saturated carbocycles. The van der Waals surface area contributed by atoms with Crippen molar-refractivity contribution in [3.05, 3.63) is 54.5 Å². The third kappa shape index (κ3) is 3.28. The van der Waals surface area contributed by atoms with E-state index >= 15 is 0 Å². The molecule has 1 aromatic carbocycles. The summed E-state index contributed by atoms with van der Waals surface area (Å²) in [7, 11) is 0. The minimum Gasteiger partial charge on any atom is -0.323 e. The number of rotatable bonds is 4. The fourth-order valence-corrected chi connectivity index (χ4v) is 2.49. The van der Waals surface area contributed by atoms with Crippen molar-refractivity contribution in [2.24, 2.45) is 5.73 Å².